The highest BCUT2D eigenvalue weighted by Crippen LogP contribution is 2.17. The van der Waals surface area contributed by atoms with Gasteiger partial charge < -0.3 is 10.4 Å². The van der Waals surface area contributed by atoms with Gasteiger partial charge in [0.2, 0.25) is 5.91 Å². The third-order valence-electron chi connectivity index (χ3n) is 1.91. The van der Waals surface area contributed by atoms with Crippen molar-refractivity contribution < 1.29 is 14.7 Å². The molecule has 1 amide bonds. The van der Waals surface area contributed by atoms with E-state index in [1.54, 1.807) is 0 Å². The number of carboxylic acids is 1. The van der Waals surface area contributed by atoms with Crippen LogP contribution in [0.2, 0.25) is 0 Å². The number of hydrogen-bond acceptors (Lipinski definition) is 4. The van der Waals surface area contributed by atoms with Crippen LogP contribution >= 0.6 is 0 Å². The van der Waals surface area contributed by atoms with Gasteiger partial charge in [-0.15, -0.1) is 0 Å². The summed E-state index contributed by atoms with van der Waals surface area (Å²) in [5, 5.41) is 11.2. The molecule has 0 aliphatic heterocycles. The standard InChI is InChI=1S/C9H11N3O3/c1-9(2,8(14)15)7(13)12-6-5-10-3-4-11-6/h3-5H,1-2H3,(H,14,15)(H,11,12,13). The molecule has 0 aromatic carbocycles. The van der Waals surface area contributed by atoms with E-state index in [1.807, 2.05) is 0 Å². The third-order valence-corrected chi connectivity index (χ3v) is 1.91. The number of nitrogens with zero attached hydrogens (tertiary/aromatic N) is 2. The summed E-state index contributed by atoms with van der Waals surface area (Å²) in [6.07, 6.45) is 4.21. The second kappa shape index (κ2) is 4.04. The maximum absolute atomic E-state index is 11.5. The predicted molar refractivity (Wildman–Crippen MR) is 52.1 cm³/mol. The fraction of sp³-hybridized carbons (Fsp3) is 0.333. The van der Waals surface area contributed by atoms with Gasteiger partial charge in [0.1, 0.15) is 5.41 Å². The SMILES string of the molecule is CC(C)(C(=O)O)C(=O)Nc1cnccn1. The Morgan fingerprint density at radius 1 is 1.40 bits per heavy atom. The molecule has 0 radical (unpaired) electrons. The average molecular weight is 209 g/mol. The van der Waals surface area contributed by atoms with Gasteiger partial charge in [0, 0.05) is 12.4 Å². The summed E-state index contributed by atoms with van der Waals surface area (Å²) in [6, 6.07) is 0. The molecule has 6 nitrogen and oxygen atoms in total. The number of hydrogen-bond donors (Lipinski definition) is 2. The van der Waals surface area contributed by atoms with Gasteiger partial charge in [-0.3, -0.25) is 14.6 Å². The number of carboxylic acid groups (broad SMARTS) is 1. The van der Waals surface area contributed by atoms with Gasteiger partial charge >= 0.3 is 5.97 Å². The van der Waals surface area contributed by atoms with E-state index < -0.39 is 17.3 Å². The Labute approximate surface area is 86.4 Å². The lowest BCUT2D eigenvalue weighted by atomic mass is 9.93. The van der Waals surface area contributed by atoms with Crippen molar-refractivity contribution in [1.82, 2.24) is 9.97 Å². The van der Waals surface area contributed by atoms with E-state index in [0.717, 1.165) is 0 Å². The highest BCUT2D eigenvalue weighted by atomic mass is 16.4. The molecule has 1 aromatic rings. The first-order valence-electron chi connectivity index (χ1n) is 4.25. The molecule has 0 unspecified atom stereocenters. The second-order valence-electron chi connectivity index (χ2n) is 3.47. The molecule has 0 atom stereocenters. The minimum atomic E-state index is -1.49. The first-order valence-corrected chi connectivity index (χ1v) is 4.25. The van der Waals surface area contributed by atoms with E-state index >= 15 is 0 Å². The van der Waals surface area contributed by atoms with Gasteiger partial charge in [0.25, 0.3) is 0 Å². The van der Waals surface area contributed by atoms with Crippen molar-refractivity contribution in [2.24, 2.45) is 5.41 Å². The lowest BCUT2D eigenvalue weighted by Crippen LogP contribution is -2.38. The second-order valence-corrected chi connectivity index (χ2v) is 3.47. The van der Waals surface area contributed by atoms with Crippen LogP contribution in [0.3, 0.4) is 0 Å². The van der Waals surface area contributed by atoms with Crippen LogP contribution in [0.15, 0.2) is 18.6 Å². The van der Waals surface area contributed by atoms with Crippen LogP contribution in [0.4, 0.5) is 5.82 Å². The molecule has 1 aromatic heterocycles. The number of aromatic nitrogens is 2. The van der Waals surface area contributed by atoms with Gasteiger partial charge in [-0.25, -0.2) is 4.98 Å². The minimum Gasteiger partial charge on any atom is -0.480 e. The fourth-order valence-electron chi connectivity index (χ4n) is 0.733. The molecule has 0 spiro atoms. The molecule has 0 saturated carbocycles. The van der Waals surface area contributed by atoms with Crippen molar-refractivity contribution in [3.8, 4) is 0 Å². The van der Waals surface area contributed by atoms with Crippen LogP contribution < -0.4 is 5.32 Å². The van der Waals surface area contributed by atoms with Crippen LogP contribution in [0.25, 0.3) is 0 Å². The minimum absolute atomic E-state index is 0.233. The van der Waals surface area contributed by atoms with Crippen LogP contribution in [0.1, 0.15) is 13.8 Å². The number of carbonyl (C=O) groups is 2. The van der Waals surface area contributed by atoms with Gasteiger partial charge in [0.05, 0.1) is 6.20 Å². The van der Waals surface area contributed by atoms with Crippen molar-refractivity contribution >= 4 is 17.7 Å². The molecule has 0 aliphatic carbocycles. The Hall–Kier alpha value is -1.98. The summed E-state index contributed by atoms with van der Waals surface area (Å²) >= 11 is 0. The van der Waals surface area contributed by atoms with E-state index in [4.69, 9.17) is 5.11 Å². The molecule has 6 heteroatoms. The summed E-state index contributed by atoms with van der Waals surface area (Å²) in [5.41, 5.74) is -1.49. The molecule has 0 bridgehead atoms. The zero-order valence-electron chi connectivity index (χ0n) is 8.39. The summed E-state index contributed by atoms with van der Waals surface area (Å²) in [6.45, 7) is 2.64. The molecule has 1 rings (SSSR count). The van der Waals surface area contributed by atoms with Crippen LogP contribution in [0, 0.1) is 5.41 Å². The Morgan fingerprint density at radius 3 is 2.53 bits per heavy atom. The van der Waals surface area contributed by atoms with E-state index in [-0.39, 0.29) is 5.82 Å². The lowest BCUT2D eigenvalue weighted by molar-refractivity contribution is -0.151. The molecule has 1 heterocycles. The number of aliphatic carboxylic acids is 1. The zero-order valence-corrected chi connectivity index (χ0v) is 8.39. The largest absolute Gasteiger partial charge is 0.480 e. The Kier molecular flexibility index (Phi) is 2.99. The highest BCUT2D eigenvalue weighted by Gasteiger charge is 2.36. The lowest BCUT2D eigenvalue weighted by Gasteiger charge is -2.17. The predicted octanol–water partition coefficient (Wildman–Crippen LogP) is 0.526. The van der Waals surface area contributed by atoms with Crippen molar-refractivity contribution in [2.45, 2.75) is 13.8 Å². The Bertz CT molecular complexity index is 375. The number of rotatable bonds is 3. The quantitative estimate of drug-likeness (QED) is 0.708. The molecular formula is C9H11N3O3. The smallest absolute Gasteiger partial charge is 0.318 e. The maximum Gasteiger partial charge on any atom is 0.318 e. The first-order chi connectivity index (χ1) is 6.94. The number of carbonyl (C=O) groups excluding carboxylic acids is 1. The highest BCUT2D eigenvalue weighted by molar-refractivity contribution is 6.07. The summed E-state index contributed by atoms with van der Waals surface area (Å²) in [5.74, 6) is -1.59. The summed E-state index contributed by atoms with van der Waals surface area (Å²) in [7, 11) is 0. The van der Waals surface area contributed by atoms with Gasteiger partial charge in [0.15, 0.2) is 5.82 Å². The normalized spacial score (nSPS) is 10.8. The maximum atomic E-state index is 11.5. The topological polar surface area (TPSA) is 92.2 Å². The van der Waals surface area contributed by atoms with E-state index in [9.17, 15) is 9.59 Å². The Morgan fingerprint density at radius 2 is 2.07 bits per heavy atom. The van der Waals surface area contributed by atoms with Gasteiger partial charge in [-0.1, -0.05) is 0 Å². The van der Waals surface area contributed by atoms with Gasteiger partial charge in [-0.2, -0.15) is 0 Å². The molecule has 80 valence electrons. The van der Waals surface area contributed by atoms with Crippen LogP contribution in [-0.2, 0) is 9.59 Å². The van der Waals surface area contributed by atoms with Crippen molar-refractivity contribution in [3.63, 3.8) is 0 Å². The van der Waals surface area contributed by atoms with Crippen molar-refractivity contribution in [2.75, 3.05) is 5.32 Å². The van der Waals surface area contributed by atoms with E-state index in [0.29, 0.717) is 0 Å². The van der Waals surface area contributed by atoms with Crippen molar-refractivity contribution in [1.29, 1.82) is 0 Å². The Balaban J connectivity index is 2.77. The van der Waals surface area contributed by atoms with Gasteiger partial charge in [-0.05, 0) is 13.8 Å². The molecule has 15 heavy (non-hydrogen) atoms. The molecule has 2 N–H and O–H groups in total. The molecule has 0 fully saturated rings. The fourth-order valence-corrected chi connectivity index (χ4v) is 0.733. The van der Waals surface area contributed by atoms with Crippen LogP contribution in [-0.4, -0.2) is 27.0 Å². The average Bonchev–Trinajstić information content (AvgIpc) is 2.18. The molecule has 0 saturated heterocycles. The molecule has 0 aliphatic rings. The number of anilines is 1. The van der Waals surface area contributed by atoms with E-state index in [1.165, 1.54) is 32.4 Å². The number of amides is 1. The third kappa shape index (κ3) is 2.49. The summed E-state index contributed by atoms with van der Waals surface area (Å²) < 4.78 is 0. The monoisotopic (exact) mass is 209 g/mol. The molecular weight excluding hydrogens is 198 g/mol. The number of nitrogens with one attached hydrogen (secondary N) is 1. The van der Waals surface area contributed by atoms with E-state index in [2.05, 4.69) is 15.3 Å². The van der Waals surface area contributed by atoms with Crippen molar-refractivity contribution in [3.05, 3.63) is 18.6 Å². The summed E-state index contributed by atoms with van der Waals surface area (Å²) in [4.78, 5) is 29.8. The first kappa shape index (κ1) is 11.1. The zero-order chi connectivity index (χ0) is 11.5. The van der Waals surface area contributed by atoms with Crippen LogP contribution in [0.5, 0.6) is 0 Å².